The number of alkyl halides is 1. The van der Waals surface area contributed by atoms with Gasteiger partial charge in [0.15, 0.2) is 0 Å². The minimum Gasteiger partial charge on any atom is -0.368 e. The van der Waals surface area contributed by atoms with Gasteiger partial charge in [0.05, 0.1) is 5.38 Å². The molecule has 1 N–H and O–H groups in total. The van der Waals surface area contributed by atoms with E-state index in [9.17, 15) is 0 Å². The maximum atomic E-state index is 6.00. The highest BCUT2D eigenvalue weighted by atomic mass is 35.5. The van der Waals surface area contributed by atoms with Gasteiger partial charge in [-0.2, -0.15) is 4.98 Å². The molecule has 0 aromatic carbocycles. The number of rotatable bonds is 5. The highest BCUT2D eigenvalue weighted by Gasteiger charge is 2.03. The van der Waals surface area contributed by atoms with Crippen LogP contribution in [0.15, 0.2) is 12.3 Å². The van der Waals surface area contributed by atoms with Gasteiger partial charge in [-0.05, 0) is 12.5 Å². The van der Waals surface area contributed by atoms with Crippen LogP contribution in [-0.4, -0.2) is 36.0 Å². The first kappa shape index (κ1) is 12.0. The van der Waals surface area contributed by atoms with E-state index in [4.69, 9.17) is 11.6 Å². The molecule has 0 aliphatic heterocycles. The quantitative estimate of drug-likeness (QED) is 0.783. The highest BCUT2D eigenvalue weighted by molar-refractivity contribution is 6.20. The molecule has 0 amide bonds. The Morgan fingerprint density at radius 1 is 1.53 bits per heavy atom. The molecule has 0 bridgehead atoms. The molecule has 0 aliphatic rings. The zero-order chi connectivity index (χ0) is 11.3. The van der Waals surface area contributed by atoms with E-state index in [1.54, 1.807) is 6.20 Å². The van der Waals surface area contributed by atoms with E-state index in [0.717, 1.165) is 18.8 Å². The third-order valence-electron chi connectivity index (χ3n) is 1.99. The van der Waals surface area contributed by atoms with E-state index in [-0.39, 0.29) is 5.38 Å². The third-order valence-corrected chi connectivity index (χ3v) is 2.45. The molecule has 1 heterocycles. The van der Waals surface area contributed by atoms with Crippen molar-refractivity contribution < 1.29 is 0 Å². The van der Waals surface area contributed by atoms with Crippen molar-refractivity contribution in [2.45, 2.75) is 18.7 Å². The van der Waals surface area contributed by atoms with E-state index >= 15 is 0 Å². The molecule has 1 rings (SSSR count). The summed E-state index contributed by atoms with van der Waals surface area (Å²) in [4.78, 5) is 10.3. The third kappa shape index (κ3) is 3.91. The van der Waals surface area contributed by atoms with Crippen molar-refractivity contribution in [2.24, 2.45) is 0 Å². The topological polar surface area (TPSA) is 41.1 Å². The number of aromatic nitrogens is 2. The van der Waals surface area contributed by atoms with Gasteiger partial charge in [-0.1, -0.05) is 6.92 Å². The van der Waals surface area contributed by atoms with Gasteiger partial charge in [0.25, 0.3) is 0 Å². The monoisotopic (exact) mass is 228 g/mol. The van der Waals surface area contributed by atoms with Gasteiger partial charge < -0.3 is 10.2 Å². The number of nitrogens with zero attached hydrogens (tertiary/aromatic N) is 3. The highest BCUT2D eigenvalue weighted by Crippen LogP contribution is 2.09. The van der Waals surface area contributed by atoms with Crippen molar-refractivity contribution in [1.82, 2.24) is 9.97 Å². The predicted octanol–water partition coefficient (Wildman–Crippen LogP) is 1.97. The van der Waals surface area contributed by atoms with Gasteiger partial charge in [0.1, 0.15) is 5.82 Å². The molecule has 1 aromatic heterocycles. The lowest BCUT2D eigenvalue weighted by Crippen LogP contribution is -2.16. The van der Waals surface area contributed by atoms with Gasteiger partial charge in [-0.15, -0.1) is 11.6 Å². The summed E-state index contributed by atoms with van der Waals surface area (Å²) in [6.07, 6.45) is 2.68. The Kier molecular flexibility index (Phi) is 4.62. The second kappa shape index (κ2) is 5.75. The lowest BCUT2D eigenvalue weighted by atomic mass is 10.3. The van der Waals surface area contributed by atoms with Gasteiger partial charge in [0, 0.05) is 26.8 Å². The minimum absolute atomic E-state index is 0.141. The second-order valence-electron chi connectivity index (χ2n) is 3.52. The SMILES string of the molecule is CCC(Cl)CNc1ccnc(N(C)C)n1. The standard InChI is InChI=1S/C10H17ClN4/c1-4-8(11)7-13-9-5-6-12-10(14-9)15(2)3/h5-6,8H,4,7H2,1-3H3,(H,12,13,14). The summed E-state index contributed by atoms with van der Waals surface area (Å²) in [5.41, 5.74) is 0. The predicted molar refractivity (Wildman–Crippen MR) is 64.8 cm³/mol. The number of anilines is 2. The fourth-order valence-electron chi connectivity index (χ4n) is 1.02. The number of hydrogen-bond donors (Lipinski definition) is 1. The normalized spacial score (nSPS) is 12.3. The Morgan fingerprint density at radius 2 is 2.27 bits per heavy atom. The summed E-state index contributed by atoms with van der Waals surface area (Å²) in [7, 11) is 3.82. The van der Waals surface area contributed by atoms with Crippen LogP contribution < -0.4 is 10.2 Å². The van der Waals surface area contributed by atoms with Crippen molar-refractivity contribution in [2.75, 3.05) is 30.9 Å². The van der Waals surface area contributed by atoms with Crippen LogP contribution in [0.25, 0.3) is 0 Å². The molecule has 0 fully saturated rings. The molecule has 1 aromatic rings. The van der Waals surface area contributed by atoms with E-state index in [0.29, 0.717) is 5.95 Å². The fraction of sp³-hybridized carbons (Fsp3) is 0.600. The molecule has 0 saturated carbocycles. The van der Waals surface area contributed by atoms with Crippen molar-refractivity contribution in [3.63, 3.8) is 0 Å². The van der Waals surface area contributed by atoms with Crippen LogP contribution in [0.1, 0.15) is 13.3 Å². The Labute approximate surface area is 95.7 Å². The Balaban J connectivity index is 2.58. The first-order valence-electron chi connectivity index (χ1n) is 5.01. The summed E-state index contributed by atoms with van der Waals surface area (Å²) < 4.78 is 0. The Bertz CT molecular complexity index is 303. The largest absolute Gasteiger partial charge is 0.368 e. The molecule has 1 atom stereocenters. The van der Waals surface area contributed by atoms with Crippen LogP contribution in [0.4, 0.5) is 11.8 Å². The molecule has 4 nitrogen and oxygen atoms in total. The number of halogens is 1. The summed E-state index contributed by atoms with van der Waals surface area (Å²) in [5.74, 6) is 1.51. The van der Waals surface area contributed by atoms with Crippen LogP contribution in [0.5, 0.6) is 0 Å². The van der Waals surface area contributed by atoms with E-state index < -0.39 is 0 Å². The number of nitrogens with one attached hydrogen (secondary N) is 1. The lowest BCUT2D eigenvalue weighted by molar-refractivity contribution is 0.839. The Hall–Kier alpha value is -1.03. The molecular formula is C10H17ClN4. The molecule has 1 unspecified atom stereocenters. The smallest absolute Gasteiger partial charge is 0.226 e. The molecule has 0 radical (unpaired) electrons. The fourth-order valence-corrected chi connectivity index (χ4v) is 1.10. The molecule has 5 heteroatoms. The van der Waals surface area contributed by atoms with Gasteiger partial charge >= 0.3 is 0 Å². The molecule has 0 spiro atoms. The van der Waals surface area contributed by atoms with Gasteiger partial charge in [-0.25, -0.2) is 4.98 Å². The lowest BCUT2D eigenvalue weighted by Gasteiger charge is -2.12. The summed E-state index contributed by atoms with van der Waals surface area (Å²) in [6.45, 7) is 2.78. The Morgan fingerprint density at radius 3 is 2.87 bits per heavy atom. The first-order chi connectivity index (χ1) is 7.13. The molecule has 0 saturated heterocycles. The van der Waals surface area contributed by atoms with Crippen LogP contribution in [0, 0.1) is 0 Å². The van der Waals surface area contributed by atoms with Crippen LogP contribution in [-0.2, 0) is 0 Å². The van der Waals surface area contributed by atoms with Crippen molar-refractivity contribution in [3.05, 3.63) is 12.3 Å². The van der Waals surface area contributed by atoms with Crippen molar-refractivity contribution >= 4 is 23.4 Å². The maximum Gasteiger partial charge on any atom is 0.226 e. The van der Waals surface area contributed by atoms with Gasteiger partial charge in [-0.3, -0.25) is 0 Å². The summed E-state index contributed by atoms with van der Waals surface area (Å²) >= 11 is 6.00. The van der Waals surface area contributed by atoms with E-state index in [2.05, 4.69) is 22.2 Å². The summed E-state index contributed by atoms with van der Waals surface area (Å²) in [5, 5.41) is 3.32. The average molecular weight is 229 g/mol. The van der Waals surface area contributed by atoms with Gasteiger partial charge in [0.2, 0.25) is 5.95 Å². The van der Waals surface area contributed by atoms with Crippen molar-refractivity contribution in [3.8, 4) is 0 Å². The maximum absolute atomic E-state index is 6.00. The van der Waals surface area contributed by atoms with E-state index in [1.165, 1.54) is 0 Å². The van der Waals surface area contributed by atoms with Crippen molar-refractivity contribution in [1.29, 1.82) is 0 Å². The number of hydrogen-bond acceptors (Lipinski definition) is 4. The summed E-state index contributed by atoms with van der Waals surface area (Å²) in [6, 6.07) is 1.84. The molecule has 15 heavy (non-hydrogen) atoms. The van der Waals surface area contributed by atoms with E-state index in [1.807, 2.05) is 25.1 Å². The van der Waals surface area contributed by atoms with Crippen LogP contribution >= 0.6 is 11.6 Å². The van der Waals surface area contributed by atoms with Crippen LogP contribution in [0.3, 0.4) is 0 Å². The second-order valence-corrected chi connectivity index (χ2v) is 4.14. The molecule has 84 valence electrons. The molecular weight excluding hydrogens is 212 g/mol. The van der Waals surface area contributed by atoms with Crippen LogP contribution in [0.2, 0.25) is 0 Å². The zero-order valence-corrected chi connectivity index (χ0v) is 10.1. The molecule has 0 aliphatic carbocycles. The average Bonchev–Trinajstić information content (AvgIpc) is 2.26. The minimum atomic E-state index is 0.141. The first-order valence-corrected chi connectivity index (χ1v) is 5.45. The zero-order valence-electron chi connectivity index (χ0n) is 9.37.